The Labute approximate surface area is 143 Å². The fraction of sp³-hybridized carbons (Fsp3) is 0.400. The lowest BCUT2D eigenvalue weighted by atomic mass is 9.74. The van der Waals surface area contributed by atoms with Crippen LogP contribution in [0, 0.1) is 0 Å². The van der Waals surface area contributed by atoms with Crippen LogP contribution in [-0.4, -0.2) is 29.6 Å². The number of fused-ring (bicyclic) bond motifs is 3. The Morgan fingerprint density at radius 2 is 2.13 bits per heavy atom. The van der Waals surface area contributed by atoms with Crippen LogP contribution in [0.25, 0.3) is 0 Å². The maximum Gasteiger partial charge on any atom is 0.134 e. The van der Waals surface area contributed by atoms with E-state index in [1.54, 1.807) is 0 Å². The minimum Gasteiger partial charge on any atom is -0.506 e. The molecule has 0 amide bonds. The summed E-state index contributed by atoms with van der Waals surface area (Å²) in [6.45, 7) is 7.04. The number of hydrogen-bond donors (Lipinski definition) is 1. The van der Waals surface area contributed by atoms with Crippen LogP contribution in [0.15, 0.2) is 48.1 Å². The molecule has 0 aromatic heterocycles. The first kappa shape index (κ1) is 16.4. The molecular formula is C20H24ClNO. The van der Waals surface area contributed by atoms with Crippen molar-refractivity contribution in [3.05, 3.63) is 64.2 Å². The molecule has 1 aliphatic heterocycles. The van der Waals surface area contributed by atoms with Gasteiger partial charge in [-0.25, -0.2) is 0 Å². The summed E-state index contributed by atoms with van der Waals surface area (Å²) >= 11 is 6.16. The van der Waals surface area contributed by atoms with Crippen molar-refractivity contribution in [3.8, 4) is 5.75 Å². The summed E-state index contributed by atoms with van der Waals surface area (Å²) in [6, 6.07) is 4.29. The number of likely N-dealkylation sites (N-methyl/N-ethyl adjacent to an activating group) is 1. The molecule has 3 heteroatoms. The first-order valence-electron chi connectivity index (χ1n) is 8.23. The van der Waals surface area contributed by atoms with Gasteiger partial charge in [0.15, 0.2) is 0 Å². The van der Waals surface area contributed by atoms with Crippen molar-refractivity contribution in [1.82, 2.24) is 4.90 Å². The first-order chi connectivity index (χ1) is 11.0. The Kier molecular flexibility index (Phi) is 4.65. The zero-order chi connectivity index (χ0) is 16.6. The van der Waals surface area contributed by atoms with Crippen molar-refractivity contribution in [2.75, 3.05) is 13.6 Å². The van der Waals surface area contributed by atoms with Gasteiger partial charge in [0.25, 0.3) is 0 Å². The smallest absolute Gasteiger partial charge is 0.134 e. The van der Waals surface area contributed by atoms with Crippen LogP contribution in [-0.2, 0) is 6.42 Å². The third-order valence-corrected chi connectivity index (χ3v) is 5.59. The van der Waals surface area contributed by atoms with Gasteiger partial charge < -0.3 is 10.0 Å². The molecule has 2 nitrogen and oxygen atoms in total. The Balaban J connectivity index is 2.19. The van der Waals surface area contributed by atoms with Crippen LogP contribution < -0.4 is 0 Å². The highest BCUT2D eigenvalue weighted by Gasteiger charge is 2.36. The van der Waals surface area contributed by atoms with Gasteiger partial charge >= 0.3 is 0 Å². The molecule has 0 radical (unpaired) electrons. The Morgan fingerprint density at radius 3 is 2.87 bits per heavy atom. The molecule has 23 heavy (non-hydrogen) atoms. The molecule has 2 unspecified atom stereocenters. The number of hydrogen-bond acceptors (Lipinski definition) is 2. The van der Waals surface area contributed by atoms with Gasteiger partial charge in [0.1, 0.15) is 5.75 Å². The summed E-state index contributed by atoms with van der Waals surface area (Å²) in [7, 11) is 2.21. The highest BCUT2D eigenvalue weighted by atomic mass is 35.5. The second-order valence-electron chi connectivity index (χ2n) is 6.65. The molecule has 3 rings (SSSR count). The van der Waals surface area contributed by atoms with Crippen molar-refractivity contribution in [1.29, 1.82) is 0 Å². The number of allylic oxidation sites excluding steroid dienone is 4. The minimum absolute atomic E-state index is 0.184. The number of benzene rings is 1. The molecule has 0 saturated heterocycles. The predicted octanol–water partition coefficient (Wildman–Crippen LogP) is 4.84. The average Bonchev–Trinajstić information content (AvgIpc) is 2.65. The topological polar surface area (TPSA) is 23.5 Å². The fourth-order valence-electron chi connectivity index (χ4n) is 4.00. The number of nitrogens with zero attached hydrogens (tertiary/aromatic N) is 1. The van der Waals surface area contributed by atoms with Gasteiger partial charge in [0.05, 0.1) is 5.02 Å². The Bertz CT molecular complexity index is 689. The number of halogens is 1. The van der Waals surface area contributed by atoms with E-state index in [2.05, 4.69) is 31.5 Å². The zero-order valence-corrected chi connectivity index (χ0v) is 14.6. The molecule has 1 aromatic carbocycles. The van der Waals surface area contributed by atoms with Gasteiger partial charge in [-0.1, -0.05) is 42.0 Å². The normalized spacial score (nSPS) is 25.2. The van der Waals surface area contributed by atoms with Crippen molar-refractivity contribution in [3.63, 3.8) is 0 Å². The molecule has 2 aliphatic rings. The third kappa shape index (κ3) is 2.98. The summed E-state index contributed by atoms with van der Waals surface area (Å²) in [5.41, 5.74) is 5.27. The van der Waals surface area contributed by atoms with Crippen LogP contribution in [0.2, 0.25) is 5.02 Å². The standard InChI is InChI=1S/C20H24ClNO/c1-4-5-6-15-13(2)7-8-18-20(15)16-12-19(23)17(21)11-14(16)9-10-22(18)3/h4-6,11-12,18,20,23H,1,7-10H2,2-3H3/b6-5-. The van der Waals surface area contributed by atoms with E-state index in [0.717, 1.165) is 25.8 Å². The van der Waals surface area contributed by atoms with Crippen LogP contribution in [0.5, 0.6) is 5.75 Å². The molecule has 1 aromatic rings. The van der Waals surface area contributed by atoms with Crippen LogP contribution in [0.4, 0.5) is 0 Å². The van der Waals surface area contributed by atoms with Crippen LogP contribution in [0.1, 0.15) is 36.8 Å². The largest absolute Gasteiger partial charge is 0.506 e. The summed E-state index contributed by atoms with van der Waals surface area (Å²) in [5, 5.41) is 10.6. The lowest BCUT2D eigenvalue weighted by Gasteiger charge is -2.38. The number of phenolic OH excluding ortho intramolecular Hbond substituents is 1. The molecule has 1 heterocycles. The van der Waals surface area contributed by atoms with E-state index < -0.39 is 0 Å². The maximum atomic E-state index is 10.2. The Morgan fingerprint density at radius 1 is 1.35 bits per heavy atom. The van der Waals surface area contributed by atoms with E-state index in [1.807, 2.05) is 24.3 Å². The van der Waals surface area contributed by atoms with Gasteiger partial charge in [-0.15, -0.1) is 0 Å². The monoisotopic (exact) mass is 329 g/mol. The molecule has 0 bridgehead atoms. The summed E-state index contributed by atoms with van der Waals surface area (Å²) in [4.78, 5) is 2.46. The second kappa shape index (κ2) is 6.54. The van der Waals surface area contributed by atoms with E-state index in [1.165, 1.54) is 22.3 Å². The van der Waals surface area contributed by atoms with E-state index >= 15 is 0 Å². The van der Waals surface area contributed by atoms with Gasteiger partial charge in [0, 0.05) is 18.5 Å². The van der Waals surface area contributed by atoms with Crippen molar-refractivity contribution < 1.29 is 5.11 Å². The molecule has 2 atom stereocenters. The van der Waals surface area contributed by atoms with Gasteiger partial charge in [0.2, 0.25) is 0 Å². The predicted molar refractivity (Wildman–Crippen MR) is 97.3 cm³/mol. The second-order valence-corrected chi connectivity index (χ2v) is 7.05. The van der Waals surface area contributed by atoms with Gasteiger partial charge in [-0.05, 0) is 62.1 Å². The molecule has 1 aliphatic carbocycles. The molecule has 1 N–H and O–H groups in total. The average molecular weight is 330 g/mol. The van der Waals surface area contributed by atoms with Crippen molar-refractivity contribution in [2.24, 2.45) is 0 Å². The van der Waals surface area contributed by atoms with Crippen LogP contribution >= 0.6 is 11.6 Å². The molecule has 0 saturated carbocycles. The zero-order valence-electron chi connectivity index (χ0n) is 13.8. The highest BCUT2D eigenvalue weighted by molar-refractivity contribution is 6.32. The SMILES string of the molecule is C=C/C=C\C1=C(C)CCC2C1c1cc(O)c(Cl)cc1CCN2C. The minimum atomic E-state index is 0.184. The van der Waals surface area contributed by atoms with E-state index in [-0.39, 0.29) is 11.7 Å². The quantitative estimate of drug-likeness (QED) is 0.785. The van der Waals surface area contributed by atoms with E-state index in [4.69, 9.17) is 11.6 Å². The molecular weight excluding hydrogens is 306 g/mol. The van der Waals surface area contributed by atoms with Crippen molar-refractivity contribution >= 4 is 11.6 Å². The Hall–Kier alpha value is -1.51. The van der Waals surface area contributed by atoms with Gasteiger partial charge in [-0.2, -0.15) is 0 Å². The van der Waals surface area contributed by atoms with Crippen molar-refractivity contribution in [2.45, 2.75) is 38.1 Å². The fourth-order valence-corrected chi connectivity index (χ4v) is 4.19. The highest BCUT2D eigenvalue weighted by Crippen LogP contribution is 2.45. The van der Waals surface area contributed by atoms with E-state index in [9.17, 15) is 5.11 Å². The van der Waals surface area contributed by atoms with Crippen LogP contribution in [0.3, 0.4) is 0 Å². The lowest BCUT2D eigenvalue weighted by Crippen LogP contribution is -2.38. The maximum absolute atomic E-state index is 10.2. The molecule has 0 spiro atoms. The van der Waals surface area contributed by atoms with Gasteiger partial charge in [-0.3, -0.25) is 0 Å². The third-order valence-electron chi connectivity index (χ3n) is 5.28. The lowest BCUT2D eigenvalue weighted by molar-refractivity contribution is 0.214. The molecule has 122 valence electrons. The number of rotatable bonds is 2. The summed E-state index contributed by atoms with van der Waals surface area (Å²) in [6.07, 6.45) is 9.27. The van der Waals surface area contributed by atoms with E-state index in [0.29, 0.717) is 11.1 Å². The summed E-state index contributed by atoms with van der Waals surface area (Å²) < 4.78 is 0. The molecule has 0 fully saturated rings. The first-order valence-corrected chi connectivity index (χ1v) is 8.61. The number of aromatic hydroxyl groups is 1. The summed E-state index contributed by atoms with van der Waals surface area (Å²) in [5.74, 6) is 0.467. The number of phenols is 1.